The van der Waals surface area contributed by atoms with Gasteiger partial charge >= 0.3 is 0 Å². The van der Waals surface area contributed by atoms with Gasteiger partial charge in [-0.05, 0) is 12.1 Å². The van der Waals surface area contributed by atoms with Crippen molar-refractivity contribution in [2.45, 2.75) is 19.0 Å². The molecule has 1 amide bonds. The summed E-state index contributed by atoms with van der Waals surface area (Å²) in [5.74, 6) is 0.422. The van der Waals surface area contributed by atoms with E-state index in [4.69, 9.17) is 4.74 Å². The first-order chi connectivity index (χ1) is 12.1. The number of hydrogen-bond donors (Lipinski definition) is 1. The highest BCUT2D eigenvalue weighted by Crippen LogP contribution is 2.37. The maximum absolute atomic E-state index is 12.5. The van der Waals surface area contributed by atoms with Gasteiger partial charge in [-0.2, -0.15) is 5.10 Å². The smallest absolute Gasteiger partial charge is 0.223 e. The molecule has 0 unspecified atom stereocenters. The molecule has 1 fully saturated rings. The summed E-state index contributed by atoms with van der Waals surface area (Å²) < 4.78 is 9.09. The van der Waals surface area contributed by atoms with Gasteiger partial charge in [0.25, 0.3) is 0 Å². The van der Waals surface area contributed by atoms with Crippen molar-refractivity contribution < 1.29 is 9.53 Å². The van der Waals surface area contributed by atoms with Crippen LogP contribution < -0.4 is 5.32 Å². The Hall–Kier alpha value is -2.12. The van der Waals surface area contributed by atoms with E-state index in [1.165, 1.54) is 5.69 Å². The van der Waals surface area contributed by atoms with E-state index in [1.54, 1.807) is 11.8 Å². The van der Waals surface area contributed by atoms with Crippen LogP contribution in [-0.4, -0.2) is 52.0 Å². The quantitative estimate of drug-likeness (QED) is 0.778. The molecule has 7 nitrogen and oxygen atoms in total. The second-order valence-electron chi connectivity index (χ2n) is 6.68. The maximum atomic E-state index is 12.5. The van der Waals surface area contributed by atoms with Gasteiger partial charge in [-0.1, -0.05) is 0 Å². The second-order valence-corrected chi connectivity index (χ2v) is 6.68. The Balaban J connectivity index is 1.69. The molecule has 136 valence electrons. The summed E-state index contributed by atoms with van der Waals surface area (Å²) in [5.41, 5.74) is 2.33. The molecule has 3 heterocycles. The summed E-state index contributed by atoms with van der Waals surface area (Å²) in [5, 5.41) is 7.81. The lowest BCUT2D eigenvalue weighted by molar-refractivity contribution is -0.129. The van der Waals surface area contributed by atoms with Crippen LogP contribution in [0.2, 0.25) is 0 Å². The molecule has 2 aromatic rings. The molecule has 1 saturated heterocycles. The van der Waals surface area contributed by atoms with Crippen molar-refractivity contribution in [3.63, 3.8) is 0 Å². The van der Waals surface area contributed by atoms with Crippen LogP contribution in [0.3, 0.4) is 0 Å². The molecule has 2 aromatic heterocycles. The van der Waals surface area contributed by atoms with Crippen molar-refractivity contribution in [3.05, 3.63) is 42.0 Å². The zero-order valence-corrected chi connectivity index (χ0v) is 15.2. The van der Waals surface area contributed by atoms with Gasteiger partial charge in [0.2, 0.25) is 5.91 Å². The SMILES string of the molecule is COCCN1C(=O)C[C@@H](CNCc2cccn2C)[C@@H]1c1cnn(C)c1. The number of amides is 1. The average molecular weight is 345 g/mol. The molecule has 0 aromatic carbocycles. The molecule has 7 heteroatoms. The normalized spacial score (nSPS) is 20.6. The van der Waals surface area contributed by atoms with Crippen molar-refractivity contribution >= 4 is 5.91 Å². The summed E-state index contributed by atoms with van der Waals surface area (Å²) in [6.07, 6.45) is 6.48. The Morgan fingerprint density at radius 2 is 2.24 bits per heavy atom. The molecular formula is C18H27N5O2. The first-order valence-electron chi connectivity index (χ1n) is 8.68. The Bertz CT molecular complexity index is 708. The summed E-state index contributed by atoms with van der Waals surface area (Å²) in [7, 11) is 5.61. The number of ether oxygens (including phenoxy) is 1. The number of carbonyl (C=O) groups excluding carboxylic acids is 1. The van der Waals surface area contributed by atoms with Crippen molar-refractivity contribution in [1.82, 2.24) is 24.6 Å². The fourth-order valence-corrected chi connectivity index (χ4v) is 3.61. The third-order valence-electron chi connectivity index (χ3n) is 4.91. The van der Waals surface area contributed by atoms with Gasteiger partial charge in [0.1, 0.15) is 0 Å². The number of likely N-dealkylation sites (tertiary alicyclic amines) is 1. The topological polar surface area (TPSA) is 64.3 Å². The van der Waals surface area contributed by atoms with Crippen LogP contribution in [0.4, 0.5) is 0 Å². The fraction of sp³-hybridized carbons (Fsp3) is 0.556. The van der Waals surface area contributed by atoms with Gasteiger partial charge in [-0.3, -0.25) is 9.48 Å². The zero-order valence-electron chi connectivity index (χ0n) is 15.2. The molecule has 25 heavy (non-hydrogen) atoms. The first-order valence-corrected chi connectivity index (χ1v) is 8.68. The minimum Gasteiger partial charge on any atom is -0.383 e. The van der Waals surface area contributed by atoms with E-state index >= 15 is 0 Å². The zero-order chi connectivity index (χ0) is 17.8. The van der Waals surface area contributed by atoms with E-state index in [-0.39, 0.29) is 17.9 Å². The molecule has 0 saturated carbocycles. The van der Waals surface area contributed by atoms with Crippen LogP contribution in [-0.2, 0) is 30.2 Å². The number of methoxy groups -OCH3 is 1. The number of hydrogen-bond acceptors (Lipinski definition) is 4. The van der Waals surface area contributed by atoms with Crippen LogP contribution in [0.25, 0.3) is 0 Å². The van der Waals surface area contributed by atoms with Crippen LogP contribution in [0.1, 0.15) is 23.7 Å². The molecule has 0 spiro atoms. The van der Waals surface area contributed by atoms with Crippen molar-refractivity contribution in [2.24, 2.45) is 20.0 Å². The highest BCUT2D eigenvalue weighted by atomic mass is 16.5. The number of nitrogens with zero attached hydrogens (tertiary/aromatic N) is 4. The number of nitrogens with one attached hydrogen (secondary N) is 1. The largest absolute Gasteiger partial charge is 0.383 e. The van der Waals surface area contributed by atoms with Gasteiger partial charge in [-0.25, -0.2) is 0 Å². The third kappa shape index (κ3) is 3.93. The number of aryl methyl sites for hydroxylation is 2. The molecule has 0 aliphatic carbocycles. The predicted molar refractivity (Wildman–Crippen MR) is 94.8 cm³/mol. The third-order valence-corrected chi connectivity index (χ3v) is 4.91. The summed E-state index contributed by atoms with van der Waals surface area (Å²) >= 11 is 0. The Morgan fingerprint density at radius 3 is 2.88 bits per heavy atom. The van der Waals surface area contributed by atoms with Crippen molar-refractivity contribution in [3.8, 4) is 0 Å². The van der Waals surface area contributed by atoms with E-state index in [1.807, 2.05) is 43.7 Å². The predicted octanol–water partition coefficient (Wildman–Crippen LogP) is 1.08. The lowest BCUT2D eigenvalue weighted by Crippen LogP contribution is -2.33. The number of aromatic nitrogens is 3. The molecule has 3 rings (SSSR count). The molecular weight excluding hydrogens is 318 g/mol. The monoisotopic (exact) mass is 345 g/mol. The Labute approximate surface area is 148 Å². The molecule has 1 aliphatic heterocycles. The molecule has 2 atom stereocenters. The highest BCUT2D eigenvalue weighted by molar-refractivity contribution is 5.79. The van der Waals surface area contributed by atoms with Crippen LogP contribution in [0.15, 0.2) is 30.7 Å². The highest BCUT2D eigenvalue weighted by Gasteiger charge is 2.40. The summed E-state index contributed by atoms with van der Waals surface area (Å²) in [6.45, 7) is 2.75. The number of carbonyl (C=O) groups is 1. The van der Waals surface area contributed by atoms with Gasteiger partial charge in [0.05, 0.1) is 18.8 Å². The van der Waals surface area contributed by atoms with Crippen molar-refractivity contribution in [2.75, 3.05) is 26.8 Å². The van der Waals surface area contributed by atoms with Gasteiger partial charge in [0, 0.05) is 76.8 Å². The van der Waals surface area contributed by atoms with Crippen LogP contribution >= 0.6 is 0 Å². The lowest BCUT2D eigenvalue weighted by Gasteiger charge is -2.27. The average Bonchev–Trinajstić information content (AvgIpc) is 3.26. The molecule has 0 bridgehead atoms. The van der Waals surface area contributed by atoms with Gasteiger partial charge in [0.15, 0.2) is 0 Å². The fourth-order valence-electron chi connectivity index (χ4n) is 3.61. The minimum absolute atomic E-state index is 0.0530. The van der Waals surface area contributed by atoms with Crippen LogP contribution in [0.5, 0.6) is 0 Å². The van der Waals surface area contributed by atoms with E-state index in [2.05, 4.69) is 21.0 Å². The molecule has 0 radical (unpaired) electrons. The Kier molecular flexibility index (Phi) is 5.55. The summed E-state index contributed by atoms with van der Waals surface area (Å²) in [4.78, 5) is 14.5. The van der Waals surface area contributed by atoms with E-state index < -0.39 is 0 Å². The van der Waals surface area contributed by atoms with Gasteiger partial charge in [-0.15, -0.1) is 0 Å². The Morgan fingerprint density at radius 1 is 1.40 bits per heavy atom. The van der Waals surface area contributed by atoms with E-state index in [9.17, 15) is 4.79 Å². The standard InChI is InChI=1S/C18H27N5O2/c1-21-6-4-5-16(21)12-19-10-14-9-17(24)23(7-8-25-3)18(14)15-11-20-22(2)13-15/h4-6,11,13-14,18-19H,7-10,12H2,1-3H3/t14-,18+/m0/s1. The first kappa shape index (κ1) is 17.7. The van der Waals surface area contributed by atoms with E-state index in [0.717, 1.165) is 18.7 Å². The number of rotatable bonds is 8. The molecule has 1 N–H and O–H groups in total. The van der Waals surface area contributed by atoms with Crippen LogP contribution in [0, 0.1) is 5.92 Å². The second kappa shape index (κ2) is 7.84. The maximum Gasteiger partial charge on any atom is 0.223 e. The van der Waals surface area contributed by atoms with Gasteiger partial charge < -0.3 is 19.5 Å². The van der Waals surface area contributed by atoms with Crippen molar-refractivity contribution in [1.29, 1.82) is 0 Å². The molecule has 1 aliphatic rings. The van der Waals surface area contributed by atoms with E-state index in [0.29, 0.717) is 19.6 Å². The summed E-state index contributed by atoms with van der Waals surface area (Å²) in [6, 6.07) is 4.20. The minimum atomic E-state index is 0.0530. The lowest BCUT2D eigenvalue weighted by atomic mass is 9.95.